The van der Waals surface area contributed by atoms with Gasteiger partial charge in [-0.3, -0.25) is 9.10 Å². The Hall–Kier alpha value is -3.58. The van der Waals surface area contributed by atoms with Crippen molar-refractivity contribution in [2.45, 2.75) is 25.3 Å². The van der Waals surface area contributed by atoms with Crippen LogP contribution in [0.3, 0.4) is 0 Å². The maximum atomic E-state index is 13.6. The van der Waals surface area contributed by atoms with Crippen LogP contribution in [0.5, 0.6) is 5.75 Å². The second kappa shape index (κ2) is 8.51. The van der Waals surface area contributed by atoms with Gasteiger partial charge < -0.3 is 9.72 Å². The Labute approximate surface area is 187 Å². The van der Waals surface area contributed by atoms with Crippen LogP contribution >= 0.6 is 0 Å². The first-order valence-corrected chi connectivity index (χ1v) is 11.6. The number of aryl methyl sites for hydroxylation is 2. The number of H-pyrrole nitrogens is 1. The molecule has 164 valence electrons. The van der Waals surface area contributed by atoms with Gasteiger partial charge in [-0.2, -0.15) is 0 Å². The summed E-state index contributed by atoms with van der Waals surface area (Å²) in [6.45, 7) is 3.69. The summed E-state index contributed by atoms with van der Waals surface area (Å²) in [6, 6.07) is 21.0. The Bertz CT molecular complexity index is 1440. The molecule has 0 saturated heterocycles. The summed E-state index contributed by atoms with van der Waals surface area (Å²) in [7, 11) is -2.34. The predicted octanol–water partition coefficient (Wildman–Crippen LogP) is 4.55. The number of benzene rings is 3. The molecule has 4 rings (SSSR count). The minimum absolute atomic E-state index is 0.109. The van der Waals surface area contributed by atoms with E-state index < -0.39 is 10.0 Å². The van der Waals surface area contributed by atoms with E-state index in [0.29, 0.717) is 22.5 Å². The average Bonchev–Trinajstić information content (AvgIpc) is 2.77. The molecule has 0 saturated carbocycles. The van der Waals surface area contributed by atoms with Crippen molar-refractivity contribution in [1.82, 2.24) is 4.98 Å². The van der Waals surface area contributed by atoms with Crippen molar-refractivity contribution in [3.05, 3.63) is 99.8 Å². The van der Waals surface area contributed by atoms with E-state index in [0.717, 1.165) is 16.5 Å². The number of hydrogen-bond donors (Lipinski definition) is 1. The Morgan fingerprint density at radius 1 is 0.906 bits per heavy atom. The van der Waals surface area contributed by atoms with Gasteiger partial charge in [0.2, 0.25) is 0 Å². The minimum Gasteiger partial charge on any atom is -0.497 e. The van der Waals surface area contributed by atoms with Crippen LogP contribution in [0.4, 0.5) is 5.69 Å². The molecule has 0 bridgehead atoms. The van der Waals surface area contributed by atoms with Gasteiger partial charge in [0.1, 0.15) is 5.75 Å². The lowest BCUT2D eigenvalue weighted by Gasteiger charge is -2.25. The van der Waals surface area contributed by atoms with Gasteiger partial charge in [0.15, 0.2) is 0 Å². The SMILES string of the molecule is COc1ccc2[nH]c(=O)c(CN(c3cccc(C)c3)S(=O)(=O)c3ccc(C)cc3)cc2c1. The molecule has 1 heterocycles. The molecule has 0 unspecified atom stereocenters. The number of sulfonamides is 1. The van der Waals surface area contributed by atoms with Gasteiger partial charge in [-0.05, 0) is 67.9 Å². The molecule has 32 heavy (non-hydrogen) atoms. The number of hydrogen-bond acceptors (Lipinski definition) is 4. The van der Waals surface area contributed by atoms with E-state index in [1.165, 1.54) is 4.31 Å². The number of fused-ring (bicyclic) bond motifs is 1. The summed E-state index contributed by atoms with van der Waals surface area (Å²) in [5.74, 6) is 0.651. The Kier molecular flexibility index (Phi) is 5.76. The monoisotopic (exact) mass is 448 g/mol. The van der Waals surface area contributed by atoms with Gasteiger partial charge in [0.25, 0.3) is 15.6 Å². The molecule has 0 radical (unpaired) electrons. The lowest BCUT2D eigenvalue weighted by atomic mass is 10.1. The van der Waals surface area contributed by atoms with Gasteiger partial charge >= 0.3 is 0 Å². The highest BCUT2D eigenvalue weighted by Crippen LogP contribution is 2.27. The molecular formula is C25H24N2O4S. The third kappa shape index (κ3) is 4.24. The van der Waals surface area contributed by atoms with Crippen molar-refractivity contribution in [3.8, 4) is 5.75 Å². The fourth-order valence-corrected chi connectivity index (χ4v) is 5.00. The molecule has 4 aromatic rings. The van der Waals surface area contributed by atoms with Gasteiger partial charge in [-0.15, -0.1) is 0 Å². The molecule has 7 heteroatoms. The van der Waals surface area contributed by atoms with Gasteiger partial charge in [-0.25, -0.2) is 8.42 Å². The molecule has 1 aromatic heterocycles. The normalized spacial score (nSPS) is 11.5. The summed E-state index contributed by atoms with van der Waals surface area (Å²) in [5, 5.41) is 0.760. The number of ether oxygens (including phenoxy) is 1. The fourth-order valence-electron chi connectivity index (χ4n) is 3.56. The highest BCUT2D eigenvalue weighted by Gasteiger charge is 2.26. The van der Waals surface area contributed by atoms with E-state index in [1.54, 1.807) is 73.8 Å². The third-order valence-electron chi connectivity index (χ3n) is 5.34. The molecule has 0 aliphatic carbocycles. The summed E-state index contributed by atoms with van der Waals surface area (Å²) < 4.78 is 33.8. The van der Waals surface area contributed by atoms with Gasteiger partial charge in [0.05, 0.1) is 24.2 Å². The highest BCUT2D eigenvalue weighted by molar-refractivity contribution is 7.92. The van der Waals surface area contributed by atoms with Crippen LogP contribution in [0.2, 0.25) is 0 Å². The summed E-state index contributed by atoms with van der Waals surface area (Å²) in [6.07, 6.45) is 0. The van der Waals surface area contributed by atoms with Crippen LogP contribution in [-0.2, 0) is 16.6 Å². The van der Waals surface area contributed by atoms with Crippen molar-refractivity contribution in [3.63, 3.8) is 0 Å². The predicted molar refractivity (Wildman–Crippen MR) is 127 cm³/mol. The van der Waals surface area contributed by atoms with Crippen molar-refractivity contribution >= 4 is 26.6 Å². The van der Waals surface area contributed by atoms with Crippen LogP contribution in [0.15, 0.2) is 82.5 Å². The molecule has 1 N–H and O–H groups in total. The summed E-state index contributed by atoms with van der Waals surface area (Å²) >= 11 is 0. The van der Waals surface area contributed by atoms with E-state index in [2.05, 4.69) is 4.98 Å². The van der Waals surface area contributed by atoms with E-state index in [-0.39, 0.29) is 17.0 Å². The van der Waals surface area contributed by atoms with Gasteiger partial charge in [-0.1, -0.05) is 29.8 Å². The number of nitrogens with zero attached hydrogens (tertiary/aromatic N) is 1. The zero-order chi connectivity index (χ0) is 22.9. The second-order valence-electron chi connectivity index (χ2n) is 7.74. The lowest BCUT2D eigenvalue weighted by molar-refractivity contribution is 0.415. The van der Waals surface area contributed by atoms with E-state index in [9.17, 15) is 13.2 Å². The molecule has 0 atom stereocenters. The van der Waals surface area contributed by atoms with Crippen molar-refractivity contribution in [2.24, 2.45) is 0 Å². The number of rotatable bonds is 6. The number of methoxy groups -OCH3 is 1. The average molecular weight is 449 g/mol. The number of nitrogens with one attached hydrogen (secondary N) is 1. The molecule has 0 aliphatic rings. The van der Waals surface area contributed by atoms with Crippen LogP contribution in [0, 0.1) is 13.8 Å². The zero-order valence-corrected chi connectivity index (χ0v) is 18.9. The first-order valence-electron chi connectivity index (χ1n) is 10.1. The second-order valence-corrected chi connectivity index (χ2v) is 9.60. The molecule has 6 nitrogen and oxygen atoms in total. The molecule has 0 fully saturated rings. The Morgan fingerprint density at radius 2 is 1.66 bits per heavy atom. The molecule has 0 amide bonds. The van der Waals surface area contributed by atoms with Crippen LogP contribution in [0.25, 0.3) is 10.9 Å². The Balaban J connectivity index is 1.85. The number of anilines is 1. The number of pyridine rings is 1. The standard InChI is InChI=1S/C25H24N2O4S/c1-17-7-10-23(11-8-17)32(29,30)27(21-6-4-5-18(2)13-21)16-20-14-19-15-22(31-3)9-12-24(19)26-25(20)28/h4-15H,16H2,1-3H3,(H,26,28). The van der Waals surface area contributed by atoms with Gasteiger partial charge in [0, 0.05) is 16.5 Å². The molecule has 0 aliphatic heterocycles. The lowest BCUT2D eigenvalue weighted by Crippen LogP contribution is -2.33. The maximum absolute atomic E-state index is 13.6. The number of aromatic nitrogens is 1. The zero-order valence-electron chi connectivity index (χ0n) is 18.1. The largest absolute Gasteiger partial charge is 0.497 e. The first kappa shape index (κ1) is 21.6. The van der Waals surface area contributed by atoms with Crippen LogP contribution in [-0.4, -0.2) is 20.5 Å². The van der Waals surface area contributed by atoms with Crippen LogP contribution in [0.1, 0.15) is 16.7 Å². The third-order valence-corrected chi connectivity index (χ3v) is 7.13. The van der Waals surface area contributed by atoms with E-state index in [4.69, 9.17) is 4.74 Å². The maximum Gasteiger partial charge on any atom is 0.264 e. The molecule has 0 spiro atoms. The molecular weight excluding hydrogens is 424 g/mol. The Morgan fingerprint density at radius 3 is 2.34 bits per heavy atom. The van der Waals surface area contributed by atoms with E-state index in [1.807, 2.05) is 19.9 Å². The topological polar surface area (TPSA) is 79.5 Å². The smallest absolute Gasteiger partial charge is 0.264 e. The number of aromatic amines is 1. The molecule has 3 aromatic carbocycles. The van der Waals surface area contributed by atoms with Crippen molar-refractivity contribution in [1.29, 1.82) is 0 Å². The minimum atomic E-state index is -3.91. The van der Waals surface area contributed by atoms with E-state index >= 15 is 0 Å². The fraction of sp³-hybridized carbons (Fsp3) is 0.160. The summed E-state index contributed by atoms with van der Waals surface area (Å²) in [4.78, 5) is 15.8. The van der Waals surface area contributed by atoms with Crippen molar-refractivity contribution < 1.29 is 13.2 Å². The van der Waals surface area contributed by atoms with Crippen molar-refractivity contribution in [2.75, 3.05) is 11.4 Å². The highest BCUT2D eigenvalue weighted by atomic mass is 32.2. The first-order chi connectivity index (χ1) is 15.3. The quantitative estimate of drug-likeness (QED) is 0.469. The van der Waals surface area contributed by atoms with Crippen LogP contribution < -0.4 is 14.6 Å². The summed E-state index contributed by atoms with van der Waals surface area (Å²) in [5.41, 5.74) is 3.04.